The topological polar surface area (TPSA) is 63.6 Å². The third-order valence-electron chi connectivity index (χ3n) is 8.33. The van der Waals surface area contributed by atoms with Crippen LogP contribution in [0.2, 0.25) is 0 Å². The van der Waals surface area contributed by atoms with E-state index in [0.717, 1.165) is 6.42 Å². The predicted octanol–water partition coefficient (Wildman–Crippen LogP) is 10.9. The van der Waals surface area contributed by atoms with E-state index in [9.17, 15) is 9.59 Å². The average molecular weight is 577 g/mol. The largest absolute Gasteiger partial charge is 0.481 e. The highest BCUT2D eigenvalue weighted by molar-refractivity contribution is 5.76. The summed E-state index contributed by atoms with van der Waals surface area (Å²) in [7, 11) is 0. The molecule has 0 heterocycles. The minimum Gasteiger partial charge on any atom is -0.481 e. The number of rotatable bonds is 9. The maximum atomic E-state index is 11.9. The summed E-state index contributed by atoms with van der Waals surface area (Å²) >= 11 is 0. The number of esters is 1. The van der Waals surface area contributed by atoms with Gasteiger partial charge in [-0.1, -0.05) is 115 Å². The van der Waals surface area contributed by atoms with E-state index < -0.39 is 11.4 Å². The van der Waals surface area contributed by atoms with Gasteiger partial charge in [0.05, 0.1) is 10.8 Å². The van der Waals surface area contributed by atoms with Crippen LogP contribution in [0.1, 0.15) is 166 Å². The molecule has 0 aromatic heterocycles. The van der Waals surface area contributed by atoms with Crippen molar-refractivity contribution >= 4 is 11.9 Å². The lowest BCUT2D eigenvalue weighted by Gasteiger charge is -2.29. The molecule has 0 aliphatic heterocycles. The zero-order valence-corrected chi connectivity index (χ0v) is 30.3. The van der Waals surface area contributed by atoms with Gasteiger partial charge in [-0.05, 0) is 92.2 Å². The molecule has 0 radical (unpaired) electrons. The van der Waals surface area contributed by atoms with Crippen LogP contribution in [0.5, 0.6) is 0 Å². The van der Waals surface area contributed by atoms with Crippen molar-refractivity contribution in [1.82, 2.24) is 0 Å². The van der Waals surface area contributed by atoms with E-state index in [1.807, 2.05) is 27.7 Å². The van der Waals surface area contributed by atoms with Crippen LogP contribution in [0, 0.1) is 22.7 Å². The van der Waals surface area contributed by atoms with E-state index in [-0.39, 0.29) is 28.3 Å². The van der Waals surface area contributed by atoms with E-state index >= 15 is 0 Å². The molecule has 41 heavy (non-hydrogen) atoms. The first-order chi connectivity index (χ1) is 18.3. The number of hydrogen-bond donors (Lipinski definition) is 1. The van der Waals surface area contributed by atoms with Gasteiger partial charge < -0.3 is 9.84 Å². The molecule has 0 aliphatic rings. The molecule has 0 fully saturated rings. The zero-order valence-electron chi connectivity index (χ0n) is 30.3. The number of carbonyl (C=O) groups is 2. The third-order valence-corrected chi connectivity index (χ3v) is 8.33. The lowest BCUT2D eigenvalue weighted by atomic mass is 9.78. The van der Waals surface area contributed by atoms with Crippen LogP contribution in [-0.2, 0) is 25.2 Å². The minimum absolute atomic E-state index is 0.0309. The number of hydrogen-bond acceptors (Lipinski definition) is 3. The van der Waals surface area contributed by atoms with Crippen molar-refractivity contribution in [2.24, 2.45) is 22.7 Å². The van der Waals surface area contributed by atoms with Gasteiger partial charge in [-0.2, -0.15) is 0 Å². The van der Waals surface area contributed by atoms with E-state index in [2.05, 4.69) is 101 Å². The second-order valence-corrected chi connectivity index (χ2v) is 15.8. The van der Waals surface area contributed by atoms with Gasteiger partial charge in [-0.25, -0.2) is 0 Å². The van der Waals surface area contributed by atoms with Crippen molar-refractivity contribution in [2.75, 3.05) is 0 Å². The van der Waals surface area contributed by atoms with Crippen LogP contribution in [0.3, 0.4) is 0 Å². The maximum absolute atomic E-state index is 11.9. The molecule has 1 rings (SSSR count). The summed E-state index contributed by atoms with van der Waals surface area (Å²) in [5.41, 5.74) is 3.97. The summed E-state index contributed by atoms with van der Waals surface area (Å²) in [6.07, 6.45) is 2.73. The molecule has 240 valence electrons. The Labute approximate surface area is 255 Å². The number of carboxylic acids is 1. The van der Waals surface area contributed by atoms with E-state index in [1.165, 1.54) is 23.1 Å². The summed E-state index contributed by atoms with van der Waals surface area (Å²) < 4.78 is 5.59. The van der Waals surface area contributed by atoms with Crippen molar-refractivity contribution in [1.29, 1.82) is 0 Å². The lowest BCUT2D eigenvalue weighted by Crippen LogP contribution is -2.35. The Morgan fingerprint density at radius 1 is 0.683 bits per heavy atom. The van der Waals surface area contributed by atoms with Crippen molar-refractivity contribution in [3.8, 4) is 0 Å². The van der Waals surface area contributed by atoms with Crippen molar-refractivity contribution in [2.45, 2.75) is 167 Å². The highest BCUT2D eigenvalue weighted by Gasteiger charge is 2.31. The Hall–Kier alpha value is -1.84. The van der Waals surface area contributed by atoms with Gasteiger partial charge in [0, 0.05) is 0 Å². The van der Waals surface area contributed by atoms with Crippen LogP contribution in [0.4, 0.5) is 0 Å². The molecule has 4 nitrogen and oxygen atoms in total. The Bertz CT molecular complexity index is 883. The Morgan fingerprint density at radius 2 is 1.05 bits per heavy atom. The first-order valence-electron chi connectivity index (χ1n) is 15.9. The normalized spacial score (nSPS) is 13.3. The molecular formula is C37H68O4. The number of carboxylic acid groups (broad SMARTS) is 1. The molecule has 1 aromatic rings. The molecule has 0 spiro atoms. The molecule has 0 bridgehead atoms. The Balaban J connectivity index is 0. The van der Waals surface area contributed by atoms with Gasteiger partial charge >= 0.3 is 11.9 Å². The minimum atomic E-state index is -0.722. The van der Waals surface area contributed by atoms with Crippen LogP contribution in [0.15, 0.2) is 18.2 Å². The fraction of sp³-hybridized carbons (Fsp3) is 0.784. The second kappa shape index (κ2) is 16.7. The summed E-state index contributed by atoms with van der Waals surface area (Å²) in [5, 5.41) is 8.44. The SMILES string of the molecule is CCC(C)(C)C(=O)O.CCC(C)(C)C(=O)OC(C(C)C)C(C)C.CCC(C)c1cc(C(C)(C)C)cc(C(C)(C)C)c1. The number of carbonyl (C=O) groups excluding carboxylic acids is 1. The number of benzene rings is 1. The molecule has 0 aliphatic carbocycles. The average Bonchev–Trinajstić information content (AvgIpc) is 2.85. The Morgan fingerprint density at radius 3 is 1.27 bits per heavy atom. The van der Waals surface area contributed by atoms with Crippen LogP contribution < -0.4 is 0 Å². The maximum Gasteiger partial charge on any atom is 0.311 e. The summed E-state index contributed by atoms with van der Waals surface area (Å²) in [6.45, 7) is 38.0. The standard InChI is InChI=1S/C18H30.C13H26O2.C6H12O2/c1-9-13(2)14-10-15(17(3,4)5)12-16(11-14)18(6,7)8;1-8-13(6,7)12(14)15-11(9(2)3)10(4)5;1-4-6(2,3)5(7)8/h10-13H,9H2,1-8H3;9-11H,8H2,1-7H3;4H2,1-3H3,(H,7,8). The van der Waals surface area contributed by atoms with Gasteiger partial charge in [0.15, 0.2) is 0 Å². The molecule has 1 unspecified atom stereocenters. The first kappa shape index (κ1) is 41.3. The van der Waals surface area contributed by atoms with E-state index in [4.69, 9.17) is 9.84 Å². The zero-order chi connectivity index (χ0) is 33.1. The highest BCUT2D eigenvalue weighted by Crippen LogP contribution is 2.33. The first-order valence-corrected chi connectivity index (χ1v) is 15.9. The molecule has 1 aromatic carbocycles. The molecule has 1 atom stereocenters. The van der Waals surface area contributed by atoms with Crippen molar-refractivity contribution in [3.05, 3.63) is 34.9 Å². The fourth-order valence-corrected chi connectivity index (χ4v) is 3.66. The summed E-state index contributed by atoms with van der Waals surface area (Å²) in [5.74, 6) is 0.606. The number of ether oxygens (including phenoxy) is 1. The van der Waals surface area contributed by atoms with Crippen LogP contribution >= 0.6 is 0 Å². The summed E-state index contributed by atoms with van der Waals surface area (Å²) in [4.78, 5) is 22.1. The number of aliphatic carboxylic acids is 1. The Kier molecular flexibility index (Phi) is 16.8. The van der Waals surface area contributed by atoms with Gasteiger partial charge in [0.2, 0.25) is 0 Å². The third kappa shape index (κ3) is 14.8. The van der Waals surface area contributed by atoms with E-state index in [1.54, 1.807) is 13.8 Å². The van der Waals surface area contributed by atoms with E-state index in [0.29, 0.717) is 24.2 Å². The quantitative estimate of drug-likeness (QED) is 0.297. The van der Waals surface area contributed by atoms with Crippen LogP contribution in [-0.4, -0.2) is 23.1 Å². The van der Waals surface area contributed by atoms with Crippen molar-refractivity contribution in [3.63, 3.8) is 0 Å². The molecule has 1 N–H and O–H groups in total. The molecular weight excluding hydrogens is 508 g/mol. The van der Waals surface area contributed by atoms with Gasteiger partial charge in [-0.3, -0.25) is 9.59 Å². The monoisotopic (exact) mass is 577 g/mol. The van der Waals surface area contributed by atoms with Gasteiger partial charge in [-0.15, -0.1) is 0 Å². The van der Waals surface area contributed by atoms with Gasteiger partial charge in [0.25, 0.3) is 0 Å². The molecule has 0 saturated heterocycles. The van der Waals surface area contributed by atoms with Gasteiger partial charge in [0.1, 0.15) is 6.10 Å². The molecule has 0 amide bonds. The molecule has 4 heteroatoms. The lowest BCUT2D eigenvalue weighted by molar-refractivity contribution is -0.164. The smallest absolute Gasteiger partial charge is 0.311 e. The highest BCUT2D eigenvalue weighted by atomic mass is 16.5. The van der Waals surface area contributed by atoms with Crippen LogP contribution in [0.25, 0.3) is 0 Å². The fourth-order valence-electron chi connectivity index (χ4n) is 3.66. The second-order valence-electron chi connectivity index (χ2n) is 15.8. The van der Waals surface area contributed by atoms with Crippen molar-refractivity contribution < 1.29 is 19.4 Å². The molecule has 0 saturated carbocycles. The summed E-state index contributed by atoms with van der Waals surface area (Å²) in [6, 6.07) is 7.21. The predicted molar refractivity (Wildman–Crippen MR) is 178 cm³/mol.